The molecule has 2 aromatic carbocycles. The van der Waals surface area contributed by atoms with Crippen molar-refractivity contribution in [2.45, 2.75) is 0 Å². The number of hydrogen-bond acceptors (Lipinski definition) is 4. The van der Waals surface area contributed by atoms with E-state index in [-0.39, 0.29) is 18.1 Å². The standard InChI is InChI=1S/C20H17F2N3O3/c21-17-6-3-15(11-18(17)22)20(27)25-9-7-24(8-10-25)19(26)13-28-16-4-1-14(12-23)2-5-16/h1-6,11H,7-10,13H2. The number of rotatable bonds is 4. The second kappa shape index (κ2) is 8.48. The van der Waals surface area contributed by atoms with E-state index in [1.165, 1.54) is 11.0 Å². The highest BCUT2D eigenvalue weighted by molar-refractivity contribution is 5.94. The van der Waals surface area contributed by atoms with Gasteiger partial charge in [0, 0.05) is 31.7 Å². The van der Waals surface area contributed by atoms with Gasteiger partial charge in [-0.05, 0) is 42.5 Å². The Balaban J connectivity index is 1.50. The highest BCUT2D eigenvalue weighted by Crippen LogP contribution is 2.14. The largest absolute Gasteiger partial charge is 0.484 e. The van der Waals surface area contributed by atoms with Crippen LogP contribution in [0.5, 0.6) is 5.75 Å². The first-order valence-electron chi connectivity index (χ1n) is 8.63. The van der Waals surface area contributed by atoms with Crippen molar-refractivity contribution in [3.05, 3.63) is 65.2 Å². The Hall–Kier alpha value is -3.47. The average molecular weight is 385 g/mol. The molecule has 0 aromatic heterocycles. The summed E-state index contributed by atoms with van der Waals surface area (Å²) in [4.78, 5) is 27.7. The van der Waals surface area contributed by atoms with Crippen LogP contribution in [0.15, 0.2) is 42.5 Å². The minimum absolute atomic E-state index is 0.0721. The van der Waals surface area contributed by atoms with Gasteiger partial charge < -0.3 is 14.5 Å². The van der Waals surface area contributed by atoms with Gasteiger partial charge >= 0.3 is 0 Å². The highest BCUT2D eigenvalue weighted by Gasteiger charge is 2.25. The molecule has 0 radical (unpaired) electrons. The molecule has 0 unspecified atom stereocenters. The van der Waals surface area contributed by atoms with Gasteiger partial charge in [-0.2, -0.15) is 5.26 Å². The van der Waals surface area contributed by atoms with Crippen LogP contribution >= 0.6 is 0 Å². The Kier molecular flexibility index (Phi) is 5.84. The molecule has 0 bridgehead atoms. The number of nitriles is 1. The molecule has 1 aliphatic heterocycles. The van der Waals surface area contributed by atoms with Gasteiger partial charge in [0.1, 0.15) is 5.75 Å². The summed E-state index contributed by atoms with van der Waals surface area (Å²) in [5.41, 5.74) is 0.573. The topological polar surface area (TPSA) is 73.6 Å². The molecule has 8 heteroatoms. The molecule has 1 aliphatic rings. The van der Waals surface area contributed by atoms with Gasteiger partial charge in [0.2, 0.25) is 0 Å². The van der Waals surface area contributed by atoms with E-state index >= 15 is 0 Å². The lowest BCUT2D eigenvalue weighted by Gasteiger charge is -2.34. The number of carbonyl (C=O) groups excluding carboxylic acids is 2. The first-order valence-corrected chi connectivity index (χ1v) is 8.63. The summed E-state index contributed by atoms with van der Waals surface area (Å²) in [5.74, 6) is -2.21. The molecule has 0 aliphatic carbocycles. The minimum atomic E-state index is -1.07. The Bertz CT molecular complexity index is 917. The lowest BCUT2D eigenvalue weighted by molar-refractivity contribution is -0.134. The molecular weight excluding hydrogens is 368 g/mol. The number of halogens is 2. The van der Waals surface area contributed by atoms with Crippen LogP contribution in [0.4, 0.5) is 8.78 Å². The number of amides is 2. The van der Waals surface area contributed by atoms with Crippen molar-refractivity contribution in [2.24, 2.45) is 0 Å². The van der Waals surface area contributed by atoms with Crippen molar-refractivity contribution in [3.8, 4) is 11.8 Å². The Labute approximate surface area is 160 Å². The van der Waals surface area contributed by atoms with Crippen LogP contribution in [-0.4, -0.2) is 54.4 Å². The maximum atomic E-state index is 13.3. The van der Waals surface area contributed by atoms with Crippen molar-refractivity contribution in [3.63, 3.8) is 0 Å². The first-order chi connectivity index (χ1) is 13.5. The molecule has 6 nitrogen and oxygen atoms in total. The fourth-order valence-electron chi connectivity index (χ4n) is 2.83. The predicted octanol–water partition coefficient (Wildman–Crippen LogP) is 2.20. The zero-order valence-electron chi connectivity index (χ0n) is 14.9. The summed E-state index contributed by atoms with van der Waals surface area (Å²) in [6, 6.07) is 11.5. The van der Waals surface area contributed by atoms with E-state index in [0.29, 0.717) is 37.5 Å². The first kappa shape index (κ1) is 19.3. The van der Waals surface area contributed by atoms with E-state index in [9.17, 15) is 18.4 Å². The van der Waals surface area contributed by atoms with Gasteiger partial charge in [-0.25, -0.2) is 8.78 Å². The molecule has 2 amide bonds. The van der Waals surface area contributed by atoms with Crippen molar-refractivity contribution < 1.29 is 23.1 Å². The van der Waals surface area contributed by atoms with E-state index in [1.807, 2.05) is 6.07 Å². The third kappa shape index (κ3) is 4.43. The number of piperazine rings is 1. The summed E-state index contributed by atoms with van der Waals surface area (Å²) < 4.78 is 31.8. The van der Waals surface area contributed by atoms with Gasteiger partial charge in [0.15, 0.2) is 18.2 Å². The molecule has 0 N–H and O–H groups in total. The predicted molar refractivity (Wildman–Crippen MR) is 95.5 cm³/mol. The summed E-state index contributed by atoms with van der Waals surface area (Å²) in [6.45, 7) is 1.08. The van der Waals surface area contributed by atoms with Crippen LogP contribution in [0.1, 0.15) is 15.9 Å². The molecule has 0 atom stereocenters. The normalized spacial score (nSPS) is 13.8. The Morgan fingerprint density at radius 2 is 1.61 bits per heavy atom. The minimum Gasteiger partial charge on any atom is -0.484 e. The average Bonchev–Trinajstić information content (AvgIpc) is 2.74. The zero-order chi connectivity index (χ0) is 20.1. The van der Waals surface area contributed by atoms with Gasteiger partial charge in [0.25, 0.3) is 11.8 Å². The number of benzene rings is 2. The maximum absolute atomic E-state index is 13.3. The van der Waals surface area contributed by atoms with Crippen LogP contribution in [0.25, 0.3) is 0 Å². The lowest BCUT2D eigenvalue weighted by Crippen LogP contribution is -2.51. The molecule has 0 spiro atoms. The van der Waals surface area contributed by atoms with Crippen LogP contribution in [0, 0.1) is 23.0 Å². The molecule has 28 heavy (non-hydrogen) atoms. The van der Waals surface area contributed by atoms with E-state index in [1.54, 1.807) is 29.2 Å². The van der Waals surface area contributed by atoms with Crippen LogP contribution in [0.3, 0.4) is 0 Å². The fourth-order valence-corrected chi connectivity index (χ4v) is 2.83. The van der Waals surface area contributed by atoms with Gasteiger partial charge in [-0.1, -0.05) is 0 Å². The molecular formula is C20H17F2N3O3. The van der Waals surface area contributed by atoms with Crippen LogP contribution < -0.4 is 4.74 Å². The summed E-state index contributed by atoms with van der Waals surface area (Å²) >= 11 is 0. The molecule has 1 saturated heterocycles. The quantitative estimate of drug-likeness (QED) is 0.809. The molecule has 144 valence electrons. The highest BCUT2D eigenvalue weighted by atomic mass is 19.2. The van der Waals surface area contributed by atoms with Crippen molar-refractivity contribution >= 4 is 11.8 Å². The molecule has 3 rings (SSSR count). The SMILES string of the molecule is N#Cc1ccc(OCC(=O)N2CCN(C(=O)c3ccc(F)c(F)c3)CC2)cc1. The van der Waals surface area contributed by atoms with E-state index < -0.39 is 17.5 Å². The smallest absolute Gasteiger partial charge is 0.260 e. The Morgan fingerprint density at radius 3 is 2.21 bits per heavy atom. The second-order valence-corrected chi connectivity index (χ2v) is 6.23. The van der Waals surface area contributed by atoms with Crippen molar-refractivity contribution in [1.82, 2.24) is 9.80 Å². The number of nitrogens with zero attached hydrogens (tertiary/aromatic N) is 3. The van der Waals surface area contributed by atoms with E-state index in [4.69, 9.17) is 10.00 Å². The number of hydrogen-bond donors (Lipinski definition) is 0. The van der Waals surface area contributed by atoms with Crippen LogP contribution in [-0.2, 0) is 4.79 Å². The molecule has 2 aromatic rings. The lowest BCUT2D eigenvalue weighted by atomic mass is 10.1. The monoisotopic (exact) mass is 385 g/mol. The second-order valence-electron chi connectivity index (χ2n) is 6.23. The Morgan fingerprint density at radius 1 is 0.964 bits per heavy atom. The fraction of sp³-hybridized carbons (Fsp3) is 0.250. The van der Waals surface area contributed by atoms with E-state index in [0.717, 1.165) is 12.1 Å². The third-order valence-corrected chi connectivity index (χ3v) is 4.43. The molecule has 1 fully saturated rings. The van der Waals surface area contributed by atoms with Crippen molar-refractivity contribution in [2.75, 3.05) is 32.8 Å². The molecule has 1 heterocycles. The summed E-state index contributed by atoms with van der Waals surface area (Å²) in [6.07, 6.45) is 0. The van der Waals surface area contributed by atoms with Gasteiger partial charge in [-0.15, -0.1) is 0 Å². The number of ether oxygens (including phenoxy) is 1. The van der Waals surface area contributed by atoms with E-state index in [2.05, 4.69) is 0 Å². The van der Waals surface area contributed by atoms with Crippen molar-refractivity contribution in [1.29, 1.82) is 5.26 Å². The van der Waals surface area contributed by atoms with Crippen LogP contribution in [0.2, 0.25) is 0 Å². The summed E-state index contributed by atoms with van der Waals surface area (Å²) in [5, 5.41) is 8.76. The van der Waals surface area contributed by atoms with Gasteiger partial charge in [-0.3, -0.25) is 9.59 Å². The number of carbonyl (C=O) groups is 2. The zero-order valence-corrected chi connectivity index (χ0v) is 14.9. The summed E-state index contributed by atoms with van der Waals surface area (Å²) in [7, 11) is 0. The maximum Gasteiger partial charge on any atom is 0.260 e. The van der Waals surface area contributed by atoms with Gasteiger partial charge in [0.05, 0.1) is 11.6 Å². The molecule has 0 saturated carbocycles. The third-order valence-electron chi connectivity index (χ3n) is 4.43.